The highest BCUT2D eigenvalue weighted by Gasteiger charge is 2.43. The number of fused-ring (bicyclic) bond motifs is 2. The maximum Gasteiger partial charge on any atom is 0.350 e. The zero-order chi connectivity index (χ0) is 34.4. The Morgan fingerprint density at radius 2 is 1.17 bits per heavy atom. The number of rotatable bonds is 10. The molecule has 2 atom stereocenters. The van der Waals surface area contributed by atoms with Gasteiger partial charge in [-0.05, 0) is 115 Å². The molecule has 1 N–H and O–H groups in total. The third-order valence-corrected chi connectivity index (χ3v) is 9.14. The zero-order valence-electron chi connectivity index (χ0n) is 30.5. The van der Waals surface area contributed by atoms with E-state index in [1.165, 1.54) is 0 Å². The van der Waals surface area contributed by atoms with Crippen LogP contribution in [0.4, 0.5) is 0 Å². The molecule has 0 unspecified atom stereocenters. The Morgan fingerprint density at radius 3 is 1.62 bits per heavy atom. The first kappa shape index (κ1) is 43.2. The molecule has 272 valence electrons. The summed E-state index contributed by atoms with van der Waals surface area (Å²) in [6.45, 7) is 20.7. The summed E-state index contributed by atoms with van der Waals surface area (Å²) >= 11 is 0. The van der Waals surface area contributed by atoms with Gasteiger partial charge in [0.25, 0.3) is 0 Å². The van der Waals surface area contributed by atoms with Crippen molar-refractivity contribution in [2.45, 2.75) is 106 Å². The highest BCUT2D eigenvalue weighted by Crippen LogP contribution is 2.45. The van der Waals surface area contributed by atoms with Gasteiger partial charge in [-0.3, -0.25) is 0 Å². The van der Waals surface area contributed by atoms with E-state index in [0.717, 1.165) is 68.2 Å². The fourth-order valence-electron chi connectivity index (χ4n) is 5.86. The van der Waals surface area contributed by atoms with Gasteiger partial charge in [0, 0.05) is 31.1 Å². The van der Waals surface area contributed by atoms with Gasteiger partial charge < -0.3 is 38.3 Å². The summed E-state index contributed by atoms with van der Waals surface area (Å²) in [5, 5.41) is 10.1. The summed E-state index contributed by atoms with van der Waals surface area (Å²) in [5.74, 6) is 2.00. The van der Waals surface area contributed by atoms with E-state index >= 15 is 0 Å². The number of carbonyl (C=O) groups is 2. The number of phenols is 1. The van der Waals surface area contributed by atoms with Gasteiger partial charge in [-0.15, -0.1) is 0 Å². The molecule has 0 radical (unpaired) electrons. The van der Waals surface area contributed by atoms with Crippen LogP contribution in [0, 0.1) is 41.5 Å². The third kappa shape index (κ3) is 9.05. The highest BCUT2D eigenvalue weighted by atomic mass is 32.1. The number of aromatic hydroxyl groups is 1. The molecule has 2 aliphatic rings. The zero-order valence-corrected chi connectivity index (χ0v) is 32.5. The first-order valence-corrected chi connectivity index (χ1v) is 16.0. The van der Waals surface area contributed by atoms with Gasteiger partial charge in [0.1, 0.15) is 23.0 Å². The predicted molar refractivity (Wildman–Crippen MR) is 195 cm³/mol. The van der Waals surface area contributed by atoms with Crippen LogP contribution in [0.2, 0.25) is 0 Å². The summed E-state index contributed by atoms with van der Waals surface area (Å²) in [6, 6.07) is 0. The summed E-state index contributed by atoms with van der Waals surface area (Å²) < 4.78 is 38.7. The Morgan fingerprint density at radius 1 is 0.708 bits per heavy atom. The van der Waals surface area contributed by atoms with Gasteiger partial charge in [0.15, 0.2) is 6.79 Å². The first-order chi connectivity index (χ1) is 21.7. The summed E-state index contributed by atoms with van der Waals surface area (Å²) in [4.78, 5) is 24.4. The quantitative estimate of drug-likeness (QED) is 0.167. The van der Waals surface area contributed by atoms with Crippen molar-refractivity contribution in [1.29, 1.82) is 0 Å². The average Bonchev–Trinajstić information content (AvgIpc) is 3.03. The molecular formula is C36H56O10S2. The number of methoxy groups -OCH3 is 1. The first-order valence-electron chi connectivity index (χ1n) is 16.0. The lowest BCUT2D eigenvalue weighted by molar-refractivity contribution is -0.162. The standard InChI is InChI=1S/C20H30O6.C16H22O4.2H2S/c1-7-24-19(21)20(5)9-8-16-15(4)17(25-12-23-11-10-22-6)13(2)14(3)18(16)26-20;1-6-19-15(18)16(5)8-7-12-11(4)13(17)9(2)10(3)14(12)20-16;;/h7-12H2,1-6H3;17H,6-8H2,1-5H3;2*1H2/t20-;16-;;/m00../s1. The Kier molecular flexibility index (Phi) is 16.4. The van der Waals surface area contributed by atoms with Gasteiger partial charge in [0.05, 0.1) is 26.4 Å². The van der Waals surface area contributed by atoms with Crippen LogP contribution in [0.15, 0.2) is 0 Å². The van der Waals surface area contributed by atoms with Crippen molar-refractivity contribution < 1.29 is 47.9 Å². The average molecular weight is 713 g/mol. The maximum atomic E-state index is 12.3. The molecule has 0 saturated carbocycles. The van der Waals surface area contributed by atoms with Crippen molar-refractivity contribution >= 4 is 38.9 Å². The molecule has 2 aromatic rings. The van der Waals surface area contributed by atoms with Gasteiger partial charge in [-0.25, -0.2) is 9.59 Å². The Balaban J connectivity index is 0.000000475. The minimum absolute atomic E-state index is 0. The van der Waals surface area contributed by atoms with Crippen molar-refractivity contribution in [2.24, 2.45) is 0 Å². The van der Waals surface area contributed by atoms with Crippen molar-refractivity contribution in [3.05, 3.63) is 44.5 Å². The van der Waals surface area contributed by atoms with Crippen LogP contribution in [-0.2, 0) is 41.4 Å². The van der Waals surface area contributed by atoms with Crippen LogP contribution in [0.25, 0.3) is 0 Å². The highest BCUT2D eigenvalue weighted by molar-refractivity contribution is 7.59. The molecule has 0 saturated heterocycles. The molecule has 2 heterocycles. The summed E-state index contributed by atoms with van der Waals surface area (Å²) in [7, 11) is 1.63. The van der Waals surface area contributed by atoms with Gasteiger partial charge in [0.2, 0.25) is 11.2 Å². The van der Waals surface area contributed by atoms with Crippen molar-refractivity contribution in [3.63, 3.8) is 0 Å². The van der Waals surface area contributed by atoms with Gasteiger partial charge in [-0.1, -0.05) is 0 Å². The SMILES string of the molecule is CCOC(=O)[C@]1(C)CCc2c(C)c(O)c(C)c(C)c2O1.CCOC(=O)[C@]1(C)CCc2c(C)c(OCOCCOC)c(C)c(C)c2O1.S.S. The second-order valence-electron chi connectivity index (χ2n) is 12.3. The molecule has 0 bridgehead atoms. The van der Waals surface area contributed by atoms with E-state index in [2.05, 4.69) is 0 Å². The molecule has 0 spiro atoms. The maximum absolute atomic E-state index is 12.3. The Bertz CT molecular complexity index is 1440. The van der Waals surface area contributed by atoms with E-state index in [1.807, 2.05) is 41.5 Å². The minimum Gasteiger partial charge on any atom is -0.507 e. The summed E-state index contributed by atoms with van der Waals surface area (Å²) in [5.41, 5.74) is 5.72. The van der Waals surface area contributed by atoms with Crippen LogP contribution in [0.3, 0.4) is 0 Å². The van der Waals surface area contributed by atoms with Crippen LogP contribution >= 0.6 is 27.0 Å². The van der Waals surface area contributed by atoms with E-state index in [4.69, 9.17) is 33.2 Å². The number of esters is 2. The van der Waals surface area contributed by atoms with E-state index in [0.29, 0.717) is 51.4 Å². The molecule has 0 fully saturated rings. The normalized spacial score (nSPS) is 19.0. The largest absolute Gasteiger partial charge is 0.507 e. The fraction of sp³-hybridized carbons (Fsp3) is 0.611. The topological polar surface area (TPSA) is 119 Å². The lowest BCUT2D eigenvalue weighted by Gasteiger charge is -2.36. The number of ether oxygens (including phenoxy) is 7. The van der Waals surface area contributed by atoms with E-state index in [9.17, 15) is 14.7 Å². The number of hydrogen-bond acceptors (Lipinski definition) is 10. The van der Waals surface area contributed by atoms with Crippen LogP contribution < -0.4 is 14.2 Å². The van der Waals surface area contributed by atoms with Crippen molar-refractivity contribution in [1.82, 2.24) is 0 Å². The smallest absolute Gasteiger partial charge is 0.350 e. The second kappa shape index (κ2) is 18.3. The van der Waals surface area contributed by atoms with Crippen molar-refractivity contribution in [3.8, 4) is 23.0 Å². The number of benzene rings is 2. The number of hydrogen-bond donors (Lipinski definition) is 1. The molecular weight excluding hydrogens is 657 g/mol. The van der Waals surface area contributed by atoms with Crippen LogP contribution in [-0.4, -0.2) is 68.6 Å². The molecule has 12 heteroatoms. The number of carbonyl (C=O) groups excluding carboxylic acids is 2. The van der Waals surface area contributed by atoms with Gasteiger partial charge in [-0.2, -0.15) is 27.0 Å². The Hall–Kier alpha value is -2.80. The van der Waals surface area contributed by atoms with Crippen LogP contribution in [0.1, 0.15) is 85.0 Å². The van der Waals surface area contributed by atoms with Crippen LogP contribution in [0.5, 0.6) is 23.0 Å². The van der Waals surface area contributed by atoms with E-state index in [1.54, 1.807) is 34.8 Å². The van der Waals surface area contributed by atoms with E-state index in [-0.39, 0.29) is 45.7 Å². The monoisotopic (exact) mass is 712 g/mol. The molecule has 0 amide bonds. The molecule has 48 heavy (non-hydrogen) atoms. The lowest BCUT2D eigenvalue weighted by atomic mass is 9.87. The van der Waals surface area contributed by atoms with Gasteiger partial charge >= 0.3 is 11.9 Å². The molecule has 2 aromatic carbocycles. The fourth-order valence-corrected chi connectivity index (χ4v) is 5.86. The molecule has 4 rings (SSSR count). The van der Waals surface area contributed by atoms with E-state index < -0.39 is 11.2 Å². The van der Waals surface area contributed by atoms with Crippen molar-refractivity contribution in [2.75, 3.05) is 40.3 Å². The number of phenolic OH excluding ortho intramolecular Hbond substituents is 1. The lowest BCUT2D eigenvalue weighted by Crippen LogP contribution is -2.46. The molecule has 0 aromatic heterocycles. The molecule has 2 aliphatic heterocycles. The summed E-state index contributed by atoms with van der Waals surface area (Å²) in [6.07, 6.45) is 2.57. The minimum atomic E-state index is -0.946. The second-order valence-corrected chi connectivity index (χ2v) is 12.3. The molecule has 0 aliphatic carbocycles. The molecule has 10 nitrogen and oxygen atoms in total. The predicted octanol–water partition coefficient (Wildman–Crippen LogP) is 6.45. The Labute approximate surface area is 300 Å². The third-order valence-electron chi connectivity index (χ3n) is 9.14.